The van der Waals surface area contributed by atoms with E-state index in [0.29, 0.717) is 24.0 Å². The van der Waals surface area contributed by atoms with Crippen LogP contribution < -0.4 is 20.9 Å². The number of nitrogens with zero attached hydrogens (tertiary/aromatic N) is 5. The van der Waals surface area contributed by atoms with Crippen molar-refractivity contribution in [3.05, 3.63) is 0 Å². The molecule has 2 saturated heterocycles. The first-order valence-corrected chi connectivity index (χ1v) is 6.98. The van der Waals surface area contributed by atoms with Crippen molar-refractivity contribution >= 4 is 11.9 Å². The van der Waals surface area contributed by atoms with E-state index < -0.39 is 0 Å². The summed E-state index contributed by atoms with van der Waals surface area (Å²) < 4.78 is 5.12. The van der Waals surface area contributed by atoms with Crippen molar-refractivity contribution in [2.24, 2.45) is 5.84 Å². The summed E-state index contributed by atoms with van der Waals surface area (Å²) in [7, 11) is 1.54. The molecule has 8 heteroatoms. The van der Waals surface area contributed by atoms with E-state index in [2.05, 4.69) is 37.1 Å². The monoisotopic (exact) mass is 279 g/mol. The Morgan fingerprint density at radius 3 is 2.90 bits per heavy atom. The zero-order chi connectivity index (χ0) is 14.1. The quantitative estimate of drug-likeness (QED) is 0.582. The van der Waals surface area contributed by atoms with Gasteiger partial charge in [-0.15, -0.1) is 0 Å². The molecular formula is C12H21N7O. The summed E-state index contributed by atoms with van der Waals surface area (Å²) in [5.74, 6) is 6.36. The number of ether oxygens (including phenoxy) is 1. The Bertz CT molecular complexity index is 461. The van der Waals surface area contributed by atoms with Gasteiger partial charge in [-0.25, -0.2) is 5.84 Å². The fourth-order valence-electron chi connectivity index (χ4n) is 3.10. The first-order valence-electron chi connectivity index (χ1n) is 6.98. The predicted molar refractivity (Wildman–Crippen MR) is 75.6 cm³/mol. The molecule has 20 heavy (non-hydrogen) atoms. The molecule has 2 unspecified atom stereocenters. The van der Waals surface area contributed by atoms with Gasteiger partial charge < -0.3 is 9.64 Å². The lowest BCUT2D eigenvalue weighted by atomic mass is 10.1. The summed E-state index contributed by atoms with van der Waals surface area (Å²) in [5, 5.41) is 0. The number of hydrazine groups is 1. The molecule has 2 fully saturated rings. The molecule has 3 rings (SSSR count). The fourth-order valence-corrected chi connectivity index (χ4v) is 3.10. The highest BCUT2D eigenvalue weighted by molar-refractivity contribution is 5.40. The molecule has 1 aromatic heterocycles. The molecule has 1 aromatic rings. The summed E-state index contributed by atoms with van der Waals surface area (Å²) in [6.07, 6.45) is 2.52. The Morgan fingerprint density at radius 1 is 1.30 bits per heavy atom. The van der Waals surface area contributed by atoms with Crippen molar-refractivity contribution in [2.75, 3.05) is 37.1 Å². The topological polar surface area (TPSA) is 92.4 Å². The summed E-state index contributed by atoms with van der Waals surface area (Å²) >= 11 is 0. The summed E-state index contributed by atoms with van der Waals surface area (Å²) in [5.41, 5.74) is 2.46. The second kappa shape index (κ2) is 5.37. The highest BCUT2D eigenvalue weighted by Gasteiger charge is 2.35. The molecular weight excluding hydrogens is 258 g/mol. The average Bonchev–Trinajstić information content (AvgIpc) is 2.92. The Kier molecular flexibility index (Phi) is 3.58. The molecule has 0 bridgehead atoms. The summed E-state index contributed by atoms with van der Waals surface area (Å²) in [6.45, 7) is 5.39. The number of rotatable bonds is 3. The third-order valence-corrected chi connectivity index (χ3v) is 4.11. The van der Waals surface area contributed by atoms with E-state index in [1.54, 1.807) is 0 Å². The van der Waals surface area contributed by atoms with Gasteiger partial charge in [0.1, 0.15) is 0 Å². The van der Waals surface area contributed by atoms with Gasteiger partial charge in [0.15, 0.2) is 0 Å². The molecule has 0 saturated carbocycles. The van der Waals surface area contributed by atoms with Gasteiger partial charge in [-0.05, 0) is 26.3 Å². The zero-order valence-electron chi connectivity index (χ0n) is 11.9. The highest BCUT2D eigenvalue weighted by Crippen LogP contribution is 2.27. The van der Waals surface area contributed by atoms with Crippen LogP contribution in [-0.4, -0.2) is 58.7 Å². The number of nitrogen functional groups attached to an aromatic ring is 1. The van der Waals surface area contributed by atoms with Crippen molar-refractivity contribution in [1.29, 1.82) is 0 Å². The van der Waals surface area contributed by atoms with Gasteiger partial charge in [0.25, 0.3) is 0 Å². The standard InChI is InChI=1S/C12H21N7O/c1-8-6-18-5-3-4-9(18)7-19(8)11-14-10(17-13)15-12(16-11)20-2/h8-9H,3-7,13H2,1-2H3,(H,14,15,16,17). The van der Waals surface area contributed by atoms with Crippen molar-refractivity contribution in [2.45, 2.75) is 31.8 Å². The van der Waals surface area contributed by atoms with Crippen LogP contribution in [0.25, 0.3) is 0 Å². The van der Waals surface area contributed by atoms with Crippen molar-refractivity contribution in [1.82, 2.24) is 19.9 Å². The van der Waals surface area contributed by atoms with Crippen molar-refractivity contribution in [3.8, 4) is 6.01 Å². The van der Waals surface area contributed by atoms with Crippen molar-refractivity contribution < 1.29 is 4.74 Å². The van der Waals surface area contributed by atoms with E-state index in [4.69, 9.17) is 10.6 Å². The fraction of sp³-hybridized carbons (Fsp3) is 0.750. The van der Waals surface area contributed by atoms with E-state index in [1.165, 1.54) is 26.5 Å². The van der Waals surface area contributed by atoms with Crippen LogP contribution in [0.4, 0.5) is 11.9 Å². The van der Waals surface area contributed by atoms with Crippen LogP contribution >= 0.6 is 0 Å². The summed E-state index contributed by atoms with van der Waals surface area (Å²) in [6, 6.07) is 1.24. The second-order valence-corrected chi connectivity index (χ2v) is 5.38. The molecule has 2 atom stereocenters. The number of nitrogens with one attached hydrogen (secondary N) is 1. The van der Waals surface area contributed by atoms with E-state index in [1.807, 2.05) is 0 Å². The molecule has 0 spiro atoms. The highest BCUT2D eigenvalue weighted by atomic mass is 16.5. The number of nitrogens with two attached hydrogens (primary N) is 1. The Morgan fingerprint density at radius 2 is 2.15 bits per heavy atom. The van der Waals surface area contributed by atoms with Gasteiger partial charge in [0.05, 0.1) is 7.11 Å². The minimum atomic E-state index is 0.281. The lowest BCUT2D eigenvalue weighted by molar-refractivity contribution is 0.201. The average molecular weight is 279 g/mol. The van der Waals surface area contributed by atoms with Gasteiger partial charge in [-0.1, -0.05) is 0 Å². The van der Waals surface area contributed by atoms with Gasteiger partial charge in [-0.2, -0.15) is 15.0 Å². The Balaban J connectivity index is 1.87. The molecule has 3 N–H and O–H groups in total. The minimum Gasteiger partial charge on any atom is -0.467 e. The van der Waals surface area contributed by atoms with Crippen LogP contribution in [0.3, 0.4) is 0 Å². The van der Waals surface area contributed by atoms with Crippen LogP contribution in [-0.2, 0) is 0 Å². The third kappa shape index (κ3) is 2.36. The Labute approximate surface area is 118 Å². The van der Waals surface area contributed by atoms with E-state index in [0.717, 1.165) is 13.1 Å². The maximum Gasteiger partial charge on any atom is 0.322 e. The van der Waals surface area contributed by atoms with Crippen LogP contribution in [0.2, 0.25) is 0 Å². The molecule has 0 amide bonds. The largest absolute Gasteiger partial charge is 0.467 e. The Hall–Kier alpha value is -1.67. The molecule has 8 nitrogen and oxygen atoms in total. The normalized spacial score (nSPS) is 26.4. The second-order valence-electron chi connectivity index (χ2n) is 5.38. The number of aromatic nitrogens is 3. The van der Waals surface area contributed by atoms with E-state index in [9.17, 15) is 0 Å². The van der Waals surface area contributed by atoms with Gasteiger partial charge in [0.2, 0.25) is 11.9 Å². The molecule has 2 aliphatic heterocycles. The number of methoxy groups -OCH3 is 1. The third-order valence-electron chi connectivity index (χ3n) is 4.11. The molecule has 110 valence electrons. The maximum atomic E-state index is 5.41. The number of anilines is 2. The number of hydrogen-bond donors (Lipinski definition) is 2. The first kappa shape index (κ1) is 13.3. The maximum absolute atomic E-state index is 5.41. The number of piperazine rings is 1. The van der Waals surface area contributed by atoms with Gasteiger partial charge in [-0.3, -0.25) is 10.3 Å². The molecule has 0 aliphatic carbocycles. The molecule has 3 heterocycles. The van der Waals surface area contributed by atoms with Gasteiger partial charge in [0, 0.05) is 25.2 Å². The van der Waals surface area contributed by atoms with Crippen LogP contribution in [0.15, 0.2) is 0 Å². The SMILES string of the molecule is COc1nc(NN)nc(N2CC3CCCN3CC2C)n1. The smallest absolute Gasteiger partial charge is 0.322 e. The molecule has 0 radical (unpaired) electrons. The zero-order valence-corrected chi connectivity index (χ0v) is 11.9. The van der Waals surface area contributed by atoms with E-state index in [-0.39, 0.29) is 6.01 Å². The number of fused-ring (bicyclic) bond motifs is 1. The lowest BCUT2D eigenvalue weighted by Crippen LogP contribution is -2.55. The van der Waals surface area contributed by atoms with Crippen LogP contribution in [0, 0.1) is 0 Å². The van der Waals surface area contributed by atoms with Gasteiger partial charge >= 0.3 is 6.01 Å². The minimum absolute atomic E-state index is 0.281. The number of hydrogen-bond acceptors (Lipinski definition) is 8. The van der Waals surface area contributed by atoms with Crippen LogP contribution in [0.1, 0.15) is 19.8 Å². The van der Waals surface area contributed by atoms with Crippen LogP contribution in [0.5, 0.6) is 6.01 Å². The van der Waals surface area contributed by atoms with Crippen molar-refractivity contribution in [3.63, 3.8) is 0 Å². The predicted octanol–water partition coefficient (Wildman–Crippen LogP) is -0.161. The summed E-state index contributed by atoms with van der Waals surface area (Å²) in [4.78, 5) is 17.5. The lowest BCUT2D eigenvalue weighted by Gasteiger charge is -2.42. The molecule has 0 aromatic carbocycles. The molecule has 2 aliphatic rings. The first-order chi connectivity index (χ1) is 9.71. The van der Waals surface area contributed by atoms with E-state index >= 15 is 0 Å².